The van der Waals surface area contributed by atoms with Crippen LogP contribution < -0.4 is 10.1 Å². The number of hydrogen-bond donors (Lipinski definition) is 1. The molecule has 0 aliphatic rings. The molecule has 0 radical (unpaired) electrons. The van der Waals surface area contributed by atoms with Crippen LogP contribution in [0.15, 0.2) is 54.6 Å². The predicted molar refractivity (Wildman–Crippen MR) is 90.3 cm³/mol. The quantitative estimate of drug-likeness (QED) is 0.870. The van der Waals surface area contributed by atoms with E-state index in [1.54, 1.807) is 12.1 Å². The van der Waals surface area contributed by atoms with E-state index < -0.39 is 0 Å². The van der Waals surface area contributed by atoms with Crippen molar-refractivity contribution in [3.63, 3.8) is 0 Å². The number of ether oxygens (including phenoxy) is 1. The zero-order valence-electron chi connectivity index (χ0n) is 12.5. The minimum Gasteiger partial charge on any atom is -0.457 e. The summed E-state index contributed by atoms with van der Waals surface area (Å²) in [6, 6.07) is 14.9. The van der Waals surface area contributed by atoms with E-state index >= 15 is 0 Å². The number of hydrogen-bond acceptors (Lipinski definition) is 2. The molecule has 1 atom stereocenters. The first-order chi connectivity index (χ1) is 10.5. The molecule has 4 heteroatoms. The molecule has 0 bridgehead atoms. The number of benzene rings is 2. The average molecular weight is 316 g/mol. The molecule has 1 N–H and O–H groups in total. The lowest BCUT2D eigenvalue weighted by molar-refractivity contribution is -0.119. The third kappa shape index (κ3) is 5.26. The van der Waals surface area contributed by atoms with Crippen LogP contribution in [0.5, 0.6) is 11.5 Å². The van der Waals surface area contributed by atoms with Crippen molar-refractivity contribution in [3.8, 4) is 11.5 Å². The van der Waals surface area contributed by atoms with Gasteiger partial charge in [0.2, 0.25) is 5.91 Å². The van der Waals surface area contributed by atoms with Gasteiger partial charge in [-0.15, -0.1) is 0 Å². The third-order valence-corrected chi connectivity index (χ3v) is 3.17. The third-order valence-electron chi connectivity index (χ3n) is 2.92. The molecule has 2 aromatic carbocycles. The second kappa shape index (κ2) is 7.66. The van der Waals surface area contributed by atoms with Crippen molar-refractivity contribution < 1.29 is 9.53 Å². The lowest BCUT2D eigenvalue weighted by Crippen LogP contribution is -2.28. The van der Waals surface area contributed by atoms with Gasteiger partial charge in [-0.3, -0.25) is 4.79 Å². The van der Waals surface area contributed by atoms with Crippen molar-refractivity contribution in [2.24, 2.45) is 0 Å². The number of carbonyl (C=O) groups is 1. The van der Waals surface area contributed by atoms with E-state index in [-0.39, 0.29) is 11.9 Å². The molecule has 0 saturated carbocycles. The molecule has 2 aromatic rings. The van der Waals surface area contributed by atoms with Gasteiger partial charge in [0, 0.05) is 18.0 Å². The first-order valence-electron chi connectivity index (χ1n) is 7.02. The molecule has 0 aromatic heterocycles. The van der Waals surface area contributed by atoms with Gasteiger partial charge in [0.15, 0.2) is 0 Å². The normalized spacial score (nSPS) is 12.1. The number of carbonyl (C=O) groups excluding carboxylic acids is 1. The summed E-state index contributed by atoms with van der Waals surface area (Å²) in [6.07, 6.45) is 3.89. The Morgan fingerprint density at radius 1 is 1.18 bits per heavy atom. The Kier molecular flexibility index (Phi) is 5.61. The van der Waals surface area contributed by atoms with E-state index in [9.17, 15) is 4.79 Å². The Morgan fingerprint density at radius 3 is 2.59 bits per heavy atom. The number of halogens is 1. The van der Waals surface area contributed by atoms with Gasteiger partial charge in [0.25, 0.3) is 0 Å². The highest BCUT2D eigenvalue weighted by atomic mass is 35.5. The number of nitrogens with one attached hydrogen (secondary N) is 1. The SMILES string of the molecule is CC(=O)NC(C)/C=C/c1cccc(Oc2ccc(Cl)cc2)c1. The van der Waals surface area contributed by atoms with Gasteiger partial charge in [0.1, 0.15) is 11.5 Å². The second-order valence-corrected chi connectivity index (χ2v) is 5.41. The Hall–Kier alpha value is -2.26. The van der Waals surface area contributed by atoms with Gasteiger partial charge in [-0.25, -0.2) is 0 Å². The van der Waals surface area contributed by atoms with Crippen LogP contribution in [0, 0.1) is 0 Å². The molecule has 3 nitrogen and oxygen atoms in total. The van der Waals surface area contributed by atoms with Gasteiger partial charge >= 0.3 is 0 Å². The lowest BCUT2D eigenvalue weighted by atomic mass is 10.1. The van der Waals surface area contributed by atoms with Crippen LogP contribution in [0.3, 0.4) is 0 Å². The molecule has 0 saturated heterocycles. The molecule has 114 valence electrons. The first kappa shape index (κ1) is 16.1. The number of amides is 1. The first-order valence-corrected chi connectivity index (χ1v) is 7.39. The Morgan fingerprint density at radius 2 is 1.91 bits per heavy atom. The van der Waals surface area contributed by atoms with Crippen LogP contribution in [0.2, 0.25) is 5.02 Å². The molecular formula is C18H18ClNO2. The van der Waals surface area contributed by atoms with Gasteiger partial charge in [-0.1, -0.05) is 35.9 Å². The van der Waals surface area contributed by atoms with Crippen LogP contribution in [0.4, 0.5) is 0 Å². The molecule has 22 heavy (non-hydrogen) atoms. The van der Waals surface area contributed by atoms with Gasteiger partial charge in [0.05, 0.1) is 0 Å². The maximum Gasteiger partial charge on any atom is 0.217 e. The molecule has 0 heterocycles. The van der Waals surface area contributed by atoms with Crippen LogP contribution >= 0.6 is 11.6 Å². The van der Waals surface area contributed by atoms with Crippen LogP contribution in [-0.4, -0.2) is 11.9 Å². The molecule has 0 aliphatic carbocycles. The standard InChI is InChI=1S/C18H18ClNO2/c1-13(20-14(2)21)6-7-15-4-3-5-18(12-15)22-17-10-8-16(19)9-11-17/h3-13H,1-2H3,(H,20,21)/b7-6+. The lowest BCUT2D eigenvalue weighted by Gasteiger charge is -2.08. The van der Waals surface area contributed by atoms with Crippen molar-refractivity contribution in [1.29, 1.82) is 0 Å². The van der Waals surface area contributed by atoms with Crippen LogP contribution in [0.25, 0.3) is 6.08 Å². The monoisotopic (exact) mass is 315 g/mol. The number of rotatable bonds is 5. The minimum atomic E-state index is -0.0445. The minimum absolute atomic E-state index is 0.0154. The van der Waals surface area contributed by atoms with Crippen molar-refractivity contribution in [3.05, 3.63) is 65.2 Å². The predicted octanol–water partition coefficient (Wildman–Crippen LogP) is 4.67. The zero-order chi connectivity index (χ0) is 15.9. The Balaban J connectivity index is 2.05. The van der Waals surface area contributed by atoms with Crippen molar-refractivity contribution in [2.45, 2.75) is 19.9 Å². The van der Waals surface area contributed by atoms with Gasteiger partial charge < -0.3 is 10.1 Å². The van der Waals surface area contributed by atoms with Crippen molar-refractivity contribution >= 4 is 23.6 Å². The van der Waals surface area contributed by atoms with Gasteiger partial charge in [-0.05, 0) is 48.9 Å². The molecule has 0 fully saturated rings. The van der Waals surface area contributed by atoms with Crippen LogP contribution in [0.1, 0.15) is 19.4 Å². The fraction of sp³-hybridized carbons (Fsp3) is 0.167. The molecule has 0 spiro atoms. The maximum atomic E-state index is 11.0. The highest BCUT2D eigenvalue weighted by molar-refractivity contribution is 6.30. The van der Waals surface area contributed by atoms with E-state index in [1.807, 2.05) is 55.5 Å². The zero-order valence-corrected chi connectivity index (χ0v) is 13.3. The fourth-order valence-electron chi connectivity index (χ4n) is 1.94. The van der Waals surface area contributed by atoms with Crippen LogP contribution in [-0.2, 0) is 4.79 Å². The molecule has 0 aliphatic heterocycles. The summed E-state index contributed by atoms with van der Waals surface area (Å²) in [5.74, 6) is 1.44. The molecule has 2 rings (SSSR count). The van der Waals surface area contributed by atoms with Gasteiger partial charge in [-0.2, -0.15) is 0 Å². The van der Waals surface area contributed by atoms with E-state index in [1.165, 1.54) is 6.92 Å². The summed E-state index contributed by atoms with van der Waals surface area (Å²) in [5.41, 5.74) is 1.00. The summed E-state index contributed by atoms with van der Waals surface area (Å²) < 4.78 is 5.78. The summed E-state index contributed by atoms with van der Waals surface area (Å²) in [4.78, 5) is 11.0. The van der Waals surface area contributed by atoms with E-state index in [4.69, 9.17) is 16.3 Å². The van der Waals surface area contributed by atoms with E-state index in [0.29, 0.717) is 5.02 Å². The van der Waals surface area contributed by atoms with E-state index in [2.05, 4.69) is 5.32 Å². The summed E-state index contributed by atoms with van der Waals surface area (Å²) in [7, 11) is 0. The maximum absolute atomic E-state index is 11.0. The molecule has 1 amide bonds. The Labute approximate surface area is 135 Å². The second-order valence-electron chi connectivity index (χ2n) is 4.98. The largest absolute Gasteiger partial charge is 0.457 e. The summed E-state index contributed by atoms with van der Waals surface area (Å²) in [5, 5.41) is 3.48. The highest BCUT2D eigenvalue weighted by Crippen LogP contribution is 2.24. The highest BCUT2D eigenvalue weighted by Gasteiger charge is 2.00. The van der Waals surface area contributed by atoms with Crippen molar-refractivity contribution in [1.82, 2.24) is 5.32 Å². The summed E-state index contributed by atoms with van der Waals surface area (Å²) >= 11 is 5.85. The molecule has 1 unspecified atom stereocenters. The molecular weight excluding hydrogens is 298 g/mol. The van der Waals surface area contributed by atoms with E-state index in [0.717, 1.165) is 17.1 Å². The topological polar surface area (TPSA) is 38.3 Å². The fourth-order valence-corrected chi connectivity index (χ4v) is 2.07. The average Bonchev–Trinajstić information content (AvgIpc) is 2.47. The van der Waals surface area contributed by atoms with Crippen molar-refractivity contribution in [2.75, 3.05) is 0 Å². The Bertz CT molecular complexity index is 665. The smallest absolute Gasteiger partial charge is 0.217 e. The summed E-state index contributed by atoms with van der Waals surface area (Å²) in [6.45, 7) is 3.43.